The van der Waals surface area contributed by atoms with Crippen molar-refractivity contribution < 1.29 is 0 Å². The van der Waals surface area contributed by atoms with Gasteiger partial charge in [0.25, 0.3) is 5.70 Å². The number of hydrogen-bond donors (Lipinski definition) is 0. The molecule has 6 nitrogen and oxygen atoms in total. The van der Waals surface area contributed by atoms with Crippen molar-refractivity contribution in [1.29, 1.82) is 15.8 Å². The van der Waals surface area contributed by atoms with Gasteiger partial charge >= 0.3 is 0 Å². The van der Waals surface area contributed by atoms with Gasteiger partial charge in [-0.05, 0) is 72.9 Å². The molecule has 0 amide bonds. The third kappa shape index (κ3) is 10.4. The van der Waals surface area contributed by atoms with Crippen LogP contribution in [0, 0.1) is 52.4 Å². The summed E-state index contributed by atoms with van der Waals surface area (Å²) in [5, 5.41) is 27.2. The molecule has 6 heteroatoms. The Morgan fingerprint density at radius 3 is 1.73 bits per heavy atom. The maximum Gasteiger partial charge on any atom is 0.261 e. The molecule has 0 N–H and O–H groups in total. The zero-order valence-electron chi connectivity index (χ0n) is 22.7. The summed E-state index contributed by atoms with van der Waals surface area (Å²) in [6.45, 7) is 10.4. The fraction of sp³-hybridized carbons (Fsp3) is 0.294. The van der Waals surface area contributed by atoms with Crippen LogP contribution in [0.25, 0.3) is 4.85 Å². The molecule has 2 atom stereocenters. The Morgan fingerprint density at radius 2 is 1.27 bits per heavy atom. The average molecular weight is 527 g/mol. The molecule has 1 aliphatic carbocycles. The number of allylic oxidation sites excluding steroid dienone is 6. The maximum atomic E-state index is 9.07. The molecule has 3 rings (SSSR count). The molecule has 0 saturated heterocycles. The summed E-state index contributed by atoms with van der Waals surface area (Å²) in [5.74, 6) is 1.05. The second-order valence-electron chi connectivity index (χ2n) is 9.99. The van der Waals surface area contributed by atoms with Crippen LogP contribution >= 0.6 is 0 Å². The van der Waals surface area contributed by atoms with Crippen molar-refractivity contribution in [1.82, 2.24) is 9.80 Å². The first-order valence-corrected chi connectivity index (χ1v) is 13.5. The average Bonchev–Trinajstić information content (AvgIpc) is 2.98. The van der Waals surface area contributed by atoms with Crippen LogP contribution < -0.4 is 0 Å². The molecule has 0 radical (unpaired) electrons. The first-order chi connectivity index (χ1) is 19.6. The third-order valence-electron chi connectivity index (χ3n) is 6.92. The predicted molar refractivity (Wildman–Crippen MR) is 157 cm³/mol. The lowest BCUT2D eigenvalue weighted by atomic mass is 9.80. The normalized spacial score (nSPS) is 16.9. The fourth-order valence-electron chi connectivity index (χ4n) is 5.11. The molecule has 2 unspecified atom stereocenters. The van der Waals surface area contributed by atoms with Gasteiger partial charge < -0.3 is 9.80 Å². The summed E-state index contributed by atoms with van der Waals surface area (Å²) in [7, 11) is 0. The molecule has 1 saturated carbocycles. The Balaban J connectivity index is 1.71. The summed E-state index contributed by atoms with van der Waals surface area (Å²) in [6.07, 6.45) is 15.3. The van der Waals surface area contributed by atoms with Crippen molar-refractivity contribution in [2.45, 2.75) is 38.8 Å². The molecule has 0 heterocycles. The Labute approximate surface area is 238 Å². The van der Waals surface area contributed by atoms with Crippen molar-refractivity contribution in [2.24, 2.45) is 11.8 Å². The van der Waals surface area contributed by atoms with Gasteiger partial charge in [-0.2, -0.15) is 10.5 Å². The summed E-state index contributed by atoms with van der Waals surface area (Å²) in [4.78, 5) is 7.82. The smallest absolute Gasteiger partial charge is 0.261 e. The molecule has 1 aliphatic rings. The number of nitrogens with zero attached hydrogens (tertiary/aromatic N) is 6. The minimum atomic E-state index is 0.0757. The van der Waals surface area contributed by atoms with Gasteiger partial charge in [-0.15, -0.1) is 0 Å². The third-order valence-corrected chi connectivity index (χ3v) is 6.92. The lowest BCUT2D eigenvalue weighted by molar-refractivity contribution is 0.176. The van der Waals surface area contributed by atoms with Gasteiger partial charge in [-0.25, -0.2) is 10.1 Å². The fourth-order valence-corrected chi connectivity index (χ4v) is 5.11. The van der Waals surface area contributed by atoms with E-state index in [0.29, 0.717) is 11.8 Å². The molecule has 0 aliphatic heterocycles. The Kier molecular flexibility index (Phi) is 12.3. The molecule has 0 aromatic heterocycles. The first-order valence-electron chi connectivity index (χ1n) is 13.5. The lowest BCUT2D eigenvalue weighted by Crippen LogP contribution is -2.32. The van der Waals surface area contributed by atoms with E-state index in [1.54, 1.807) is 24.3 Å². The molecule has 1 fully saturated rings. The van der Waals surface area contributed by atoms with E-state index < -0.39 is 0 Å². The highest BCUT2D eigenvalue weighted by molar-refractivity contribution is 5.37. The van der Waals surface area contributed by atoms with E-state index in [1.165, 1.54) is 30.4 Å². The van der Waals surface area contributed by atoms with E-state index in [1.807, 2.05) is 67.0 Å². The van der Waals surface area contributed by atoms with Crippen molar-refractivity contribution in [2.75, 3.05) is 13.1 Å². The van der Waals surface area contributed by atoms with Crippen LogP contribution in [0.15, 0.2) is 109 Å². The van der Waals surface area contributed by atoms with E-state index in [4.69, 9.17) is 22.4 Å². The lowest BCUT2D eigenvalue weighted by Gasteiger charge is -2.35. The maximum absolute atomic E-state index is 9.07. The van der Waals surface area contributed by atoms with Crippen molar-refractivity contribution >= 4 is 0 Å². The van der Waals surface area contributed by atoms with Gasteiger partial charge in [0.1, 0.15) is 17.7 Å². The Bertz CT molecular complexity index is 1220. The van der Waals surface area contributed by atoms with E-state index in [2.05, 4.69) is 38.9 Å². The van der Waals surface area contributed by atoms with E-state index in [-0.39, 0.29) is 11.3 Å². The summed E-state index contributed by atoms with van der Waals surface area (Å²) in [5.41, 5.74) is 2.60. The van der Waals surface area contributed by atoms with Gasteiger partial charge in [0.2, 0.25) is 0 Å². The van der Waals surface area contributed by atoms with Crippen LogP contribution in [-0.4, -0.2) is 22.9 Å². The molecule has 0 spiro atoms. The minimum absolute atomic E-state index is 0.0757. The predicted octanol–water partition coefficient (Wildman–Crippen LogP) is 7.12. The van der Waals surface area contributed by atoms with Crippen LogP contribution in [0.4, 0.5) is 0 Å². The van der Waals surface area contributed by atoms with Crippen LogP contribution in [0.5, 0.6) is 0 Å². The van der Waals surface area contributed by atoms with E-state index >= 15 is 0 Å². The molecule has 0 bridgehead atoms. The topological polar surface area (TPSA) is 82.2 Å². The SMILES string of the molecule is [C-]#[N+]/C(C#N)=C/C=C/N(Cc1ccccc1)CC1CCCC(CN(/C=C/C=C(C#N)C#N)Cc2ccccc2)C1. The second kappa shape index (κ2) is 16.7. The minimum Gasteiger partial charge on any atom is -0.373 e. The van der Waals surface area contributed by atoms with Crippen LogP contribution in [0.2, 0.25) is 0 Å². The van der Waals surface area contributed by atoms with Gasteiger partial charge in [-0.1, -0.05) is 73.2 Å². The highest BCUT2D eigenvalue weighted by atomic mass is 15.1. The summed E-state index contributed by atoms with van der Waals surface area (Å²) < 4.78 is 0. The number of nitriles is 3. The van der Waals surface area contributed by atoms with Gasteiger partial charge in [-0.3, -0.25) is 0 Å². The van der Waals surface area contributed by atoms with Crippen LogP contribution in [0.1, 0.15) is 36.8 Å². The highest BCUT2D eigenvalue weighted by Gasteiger charge is 2.24. The standard InChI is InChI=1S/C34H34N6/c1-38-34(24-37)18-10-20-40(26-30-13-6-3-7-14-30)28-32-16-8-15-31(21-32)27-39(19-9-17-33(22-35)23-36)25-29-11-4-2-5-12-29/h2-7,9-14,17-20,31-32H,8,15-16,21,25-28H2/b19-9+,20-10+,34-18+. The van der Waals surface area contributed by atoms with Crippen LogP contribution in [0.3, 0.4) is 0 Å². The monoisotopic (exact) mass is 526 g/mol. The van der Waals surface area contributed by atoms with Gasteiger partial charge in [0, 0.05) is 26.2 Å². The largest absolute Gasteiger partial charge is 0.373 e. The highest BCUT2D eigenvalue weighted by Crippen LogP contribution is 2.31. The van der Waals surface area contributed by atoms with Crippen molar-refractivity contribution in [3.8, 4) is 18.2 Å². The van der Waals surface area contributed by atoms with Gasteiger partial charge in [0.05, 0.1) is 12.6 Å². The first kappa shape index (κ1) is 29.5. The molecule has 2 aromatic carbocycles. The molecule has 2 aromatic rings. The molecule has 40 heavy (non-hydrogen) atoms. The van der Waals surface area contributed by atoms with Crippen molar-refractivity contribution in [3.05, 3.63) is 131 Å². The number of hydrogen-bond acceptors (Lipinski definition) is 5. The molecular weight excluding hydrogens is 492 g/mol. The number of benzene rings is 2. The zero-order valence-corrected chi connectivity index (χ0v) is 22.7. The van der Waals surface area contributed by atoms with E-state index in [9.17, 15) is 0 Å². The zero-order chi connectivity index (χ0) is 28.4. The molecular formula is C34H34N6. The Morgan fingerprint density at radius 1 is 0.775 bits per heavy atom. The van der Waals surface area contributed by atoms with Crippen molar-refractivity contribution in [3.63, 3.8) is 0 Å². The van der Waals surface area contributed by atoms with E-state index in [0.717, 1.165) is 32.6 Å². The Hall–Kier alpha value is -5.04. The quantitative estimate of drug-likeness (QED) is 0.167. The number of rotatable bonds is 12. The van der Waals surface area contributed by atoms with Crippen LogP contribution in [-0.2, 0) is 13.1 Å². The summed E-state index contributed by atoms with van der Waals surface area (Å²) >= 11 is 0. The molecule has 200 valence electrons. The van der Waals surface area contributed by atoms with Gasteiger partial charge in [0.15, 0.2) is 0 Å². The second-order valence-corrected chi connectivity index (χ2v) is 9.99. The summed E-state index contributed by atoms with van der Waals surface area (Å²) in [6, 6.07) is 26.4.